The van der Waals surface area contributed by atoms with Crippen molar-refractivity contribution in [2.45, 2.75) is 44.9 Å². The lowest BCUT2D eigenvalue weighted by molar-refractivity contribution is -0.143. The highest BCUT2D eigenvalue weighted by molar-refractivity contribution is 5.80. The molecule has 1 rings (SSSR count). The van der Waals surface area contributed by atoms with Crippen LogP contribution in [0, 0.1) is 0 Å². The van der Waals surface area contributed by atoms with Crippen molar-refractivity contribution in [3.63, 3.8) is 0 Å². The molecule has 1 aliphatic heterocycles. The van der Waals surface area contributed by atoms with E-state index < -0.39 is 12.7 Å². The van der Waals surface area contributed by atoms with Crippen molar-refractivity contribution in [3.8, 4) is 0 Å². The first kappa shape index (κ1) is 20.0. The summed E-state index contributed by atoms with van der Waals surface area (Å²) < 4.78 is 37.2. The van der Waals surface area contributed by atoms with Gasteiger partial charge in [-0.05, 0) is 26.8 Å². The lowest BCUT2D eigenvalue weighted by Gasteiger charge is -2.24. The van der Waals surface area contributed by atoms with E-state index in [0.717, 1.165) is 19.5 Å². The third-order valence-corrected chi connectivity index (χ3v) is 4.34. The molecule has 0 aromatic heterocycles. The average molecular weight is 337 g/mol. The summed E-state index contributed by atoms with van der Waals surface area (Å²) in [6.07, 6.45) is -2.33. The van der Waals surface area contributed by atoms with Crippen LogP contribution < -0.4 is 10.6 Å². The molecule has 1 fully saturated rings. The maximum atomic E-state index is 12.4. The fourth-order valence-corrected chi connectivity index (χ4v) is 2.62. The topological polar surface area (TPSA) is 42.9 Å². The van der Waals surface area contributed by atoms with Gasteiger partial charge in [0, 0.05) is 45.3 Å². The fraction of sp³-hybridized carbons (Fsp3) is 0.933. The Morgan fingerprint density at radius 1 is 1.43 bits per heavy atom. The van der Waals surface area contributed by atoms with Crippen molar-refractivity contribution in [2.75, 3.05) is 46.8 Å². The van der Waals surface area contributed by atoms with Crippen LogP contribution in [0.1, 0.15) is 26.7 Å². The molecule has 0 saturated carbocycles. The SMILES string of the molecule is CCC(C)N(C)CCNC(=NC)NC1CCN(CC(F)(F)F)C1. The van der Waals surface area contributed by atoms with Crippen LogP contribution in [0.3, 0.4) is 0 Å². The molecule has 8 heteroatoms. The summed E-state index contributed by atoms with van der Waals surface area (Å²) in [6, 6.07) is 0.536. The number of hydrogen-bond donors (Lipinski definition) is 2. The van der Waals surface area contributed by atoms with Gasteiger partial charge in [-0.1, -0.05) is 6.92 Å². The molecule has 1 aliphatic rings. The predicted molar refractivity (Wildman–Crippen MR) is 87.8 cm³/mol. The van der Waals surface area contributed by atoms with Crippen molar-refractivity contribution in [2.24, 2.45) is 4.99 Å². The number of rotatable bonds is 7. The van der Waals surface area contributed by atoms with Crippen LogP contribution in [-0.2, 0) is 0 Å². The smallest absolute Gasteiger partial charge is 0.355 e. The molecule has 0 bridgehead atoms. The van der Waals surface area contributed by atoms with Gasteiger partial charge in [-0.2, -0.15) is 13.2 Å². The molecule has 0 aromatic rings. The summed E-state index contributed by atoms with van der Waals surface area (Å²) in [7, 11) is 3.76. The number of guanidine groups is 1. The summed E-state index contributed by atoms with van der Waals surface area (Å²) in [6.45, 7) is 6.00. The van der Waals surface area contributed by atoms with Crippen LogP contribution in [0.5, 0.6) is 0 Å². The monoisotopic (exact) mass is 337 g/mol. The summed E-state index contributed by atoms with van der Waals surface area (Å²) in [5.41, 5.74) is 0. The first-order chi connectivity index (χ1) is 10.7. The van der Waals surface area contributed by atoms with Gasteiger partial charge in [0.15, 0.2) is 5.96 Å². The molecule has 23 heavy (non-hydrogen) atoms. The van der Waals surface area contributed by atoms with E-state index in [-0.39, 0.29) is 6.04 Å². The molecular formula is C15H30F3N5. The van der Waals surface area contributed by atoms with Crippen molar-refractivity contribution in [1.82, 2.24) is 20.4 Å². The number of likely N-dealkylation sites (tertiary alicyclic amines) is 1. The maximum absolute atomic E-state index is 12.4. The maximum Gasteiger partial charge on any atom is 0.401 e. The quantitative estimate of drug-likeness (QED) is 0.546. The minimum Gasteiger partial charge on any atom is -0.355 e. The Labute approximate surface area is 137 Å². The van der Waals surface area contributed by atoms with E-state index in [0.29, 0.717) is 31.5 Å². The first-order valence-electron chi connectivity index (χ1n) is 8.21. The van der Waals surface area contributed by atoms with E-state index in [2.05, 4.69) is 41.4 Å². The Bertz CT molecular complexity index is 373. The van der Waals surface area contributed by atoms with Crippen LogP contribution in [0.25, 0.3) is 0 Å². The fourth-order valence-electron chi connectivity index (χ4n) is 2.62. The number of likely N-dealkylation sites (N-methyl/N-ethyl adjacent to an activating group) is 1. The summed E-state index contributed by atoms with van der Waals surface area (Å²) in [5, 5.41) is 6.44. The highest BCUT2D eigenvalue weighted by Crippen LogP contribution is 2.19. The largest absolute Gasteiger partial charge is 0.401 e. The Hall–Kier alpha value is -1.02. The highest BCUT2D eigenvalue weighted by Gasteiger charge is 2.34. The van der Waals surface area contributed by atoms with Crippen LogP contribution in [-0.4, -0.2) is 80.8 Å². The second kappa shape index (κ2) is 9.32. The van der Waals surface area contributed by atoms with Crippen LogP contribution in [0.2, 0.25) is 0 Å². The van der Waals surface area contributed by atoms with Crippen LogP contribution >= 0.6 is 0 Å². The van der Waals surface area contributed by atoms with Gasteiger partial charge >= 0.3 is 6.18 Å². The van der Waals surface area contributed by atoms with Crippen molar-refractivity contribution < 1.29 is 13.2 Å². The van der Waals surface area contributed by atoms with Crippen molar-refractivity contribution in [1.29, 1.82) is 0 Å². The molecule has 0 aliphatic carbocycles. The van der Waals surface area contributed by atoms with Crippen LogP contribution in [0.15, 0.2) is 4.99 Å². The second-order valence-corrected chi connectivity index (χ2v) is 6.22. The van der Waals surface area contributed by atoms with Gasteiger partial charge in [-0.3, -0.25) is 9.89 Å². The molecule has 1 saturated heterocycles. The summed E-state index contributed by atoms with van der Waals surface area (Å²) in [4.78, 5) is 7.85. The van der Waals surface area contributed by atoms with Crippen LogP contribution in [0.4, 0.5) is 13.2 Å². The molecule has 2 unspecified atom stereocenters. The molecule has 2 N–H and O–H groups in total. The van der Waals surface area contributed by atoms with Gasteiger partial charge in [0.25, 0.3) is 0 Å². The molecule has 0 spiro atoms. The summed E-state index contributed by atoms with van der Waals surface area (Å²) in [5.74, 6) is 0.654. The zero-order valence-electron chi connectivity index (χ0n) is 14.6. The van der Waals surface area contributed by atoms with E-state index in [1.807, 2.05) is 0 Å². The zero-order valence-corrected chi connectivity index (χ0v) is 14.6. The Morgan fingerprint density at radius 2 is 2.13 bits per heavy atom. The molecule has 136 valence electrons. The predicted octanol–water partition coefficient (Wildman–Crippen LogP) is 1.52. The summed E-state index contributed by atoms with van der Waals surface area (Å²) >= 11 is 0. The Kier molecular flexibility index (Phi) is 8.11. The van der Waals surface area contributed by atoms with Gasteiger partial charge < -0.3 is 15.5 Å². The number of hydrogen-bond acceptors (Lipinski definition) is 3. The number of halogens is 3. The van der Waals surface area contributed by atoms with Gasteiger partial charge in [-0.15, -0.1) is 0 Å². The average Bonchev–Trinajstić information content (AvgIpc) is 2.89. The lowest BCUT2D eigenvalue weighted by Crippen LogP contribution is -2.47. The molecule has 0 amide bonds. The normalized spacial score (nSPS) is 21.7. The van der Waals surface area contributed by atoms with Gasteiger partial charge in [-0.25, -0.2) is 0 Å². The molecule has 5 nitrogen and oxygen atoms in total. The van der Waals surface area contributed by atoms with E-state index in [1.54, 1.807) is 7.05 Å². The third-order valence-electron chi connectivity index (χ3n) is 4.34. The molecule has 1 heterocycles. The molecular weight excluding hydrogens is 307 g/mol. The highest BCUT2D eigenvalue weighted by atomic mass is 19.4. The second-order valence-electron chi connectivity index (χ2n) is 6.22. The molecule has 0 aromatic carbocycles. The van der Waals surface area contributed by atoms with E-state index in [1.165, 1.54) is 4.90 Å². The third kappa shape index (κ3) is 7.87. The van der Waals surface area contributed by atoms with Crippen molar-refractivity contribution >= 4 is 5.96 Å². The van der Waals surface area contributed by atoms with E-state index >= 15 is 0 Å². The number of nitrogens with zero attached hydrogens (tertiary/aromatic N) is 3. The zero-order chi connectivity index (χ0) is 17.5. The van der Waals surface area contributed by atoms with E-state index in [9.17, 15) is 13.2 Å². The van der Waals surface area contributed by atoms with E-state index in [4.69, 9.17) is 0 Å². The number of aliphatic imine (C=N–C) groups is 1. The molecule has 2 atom stereocenters. The number of nitrogens with one attached hydrogen (secondary N) is 2. The lowest BCUT2D eigenvalue weighted by atomic mass is 10.2. The Morgan fingerprint density at radius 3 is 2.70 bits per heavy atom. The van der Waals surface area contributed by atoms with Gasteiger partial charge in [0.05, 0.1) is 6.54 Å². The minimum atomic E-state index is -4.13. The molecule has 0 radical (unpaired) electrons. The van der Waals surface area contributed by atoms with Crippen molar-refractivity contribution in [3.05, 3.63) is 0 Å². The standard InChI is InChI=1S/C15H30F3N5/c1-5-12(2)22(4)9-7-20-14(19-3)21-13-6-8-23(10-13)11-15(16,17)18/h12-13H,5-11H2,1-4H3,(H2,19,20,21). The Balaban J connectivity index is 2.29. The minimum absolute atomic E-state index is 0.0100. The first-order valence-corrected chi connectivity index (χ1v) is 8.21. The van der Waals surface area contributed by atoms with Gasteiger partial charge in [0.1, 0.15) is 0 Å². The van der Waals surface area contributed by atoms with Gasteiger partial charge in [0.2, 0.25) is 0 Å². The number of alkyl halides is 3.